The van der Waals surface area contributed by atoms with Crippen molar-refractivity contribution in [2.45, 2.75) is 53.2 Å². The lowest BCUT2D eigenvalue weighted by molar-refractivity contribution is -0.0152. The van der Waals surface area contributed by atoms with Crippen LogP contribution in [0, 0.1) is 5.92 Å². The maximum atomic E-state index is 5.84. The Labute approximate surface area is 99.8 Å². The van der Waals surface area contributed by atoms with E-state index < -0.39 is 0 Å². The third-order valence-corrected chi connectivity index (χ3v) is 2.41. The van der Waals surface area contributed by atoms with Crippen LogP contribution in [0.1, 0.15) is 45.7 Å². The summed E-state index contributed by atoms with van der Waals surface area (Å²) in [6, 6.07) is 8.58. The van der Waals surface area contributed by atoms with Crippen molar-refractivity contribution in [2.24, 2.45) is 5.92 Å². The molecule has 0 fully saturated rings. The molecule has 0 atom stereocenters. The monoisotopic (exact) mass is 220 g/mol. The third-order valence-electron chi connectivity index (χ3n) is 2.41. The summed E-state index contributed by atoms with van der Waals surface area (Å²) in [4.78, 5) is 0. The Bertz CT molecular complexity index is 320. The number of benzene rings is 1. The summed E-state index contributed by atoms with van der Waals surface area (Å²) >= 11 is 0. The minimum atomic E-state index is -0.0645. The Morgan fingerprint density at radius 2 is 1.62 bits per heavy atom. The zero-order valence-corrected chi connectivity index (χ0v) is 11.2. The number of ether oxygens (including phenoxy) is 1. The topological polar surface area (TPSA) is 9.23 Å². The summed E-state index contributed by atoms with van der Waals surface area (Å²) in [7, 11) is 0. The smallest absolute Gasteiger partial charge is 0.0726 e. The summed E-state index contributed by atoms with van der Waals surface area (Å²) in [6.07, 6.45) is 1.13. The molecule has 0 aliphatic carbocycles. The molecule has 1 heteroatoms. The second-order valence-corrected chi connectivity index (χ2v) is 5.77. The van der Waals surface area contributed by atoms with Crippen LogP contribution >= 0.6 is 0 Å². The van der Waals surface area contributed by atoms with Crippen LogP contribution in [0.3, 0.4) is 0 Å². The number of hydrogen-bond acceptors (Lipinski definition) is 1. The molecule has 0 bridgehead atoms. The van der Waals surface area contributed by atoms with Crippen molar-refractivity contribution in [2.75, 3.05) is 0 Å². The van der Waals surface area contributed by atoms with Gasteiger partial charge < -0.3 is 4.74 Å². The second-order valence-electron chi connectivity index (χ2n) is 5.77. The molecule has 0 unspecified atom stereocenters. The Hall–Kier alpha value is -0.820. The molecule has 1 aromatic carbocycles. The predicted octanol–water partition coefficient (Wildman–Crippen LogP) is 4.20. The molecular weight excluding hydrogens is 196 g/mol. The third kappa shape index (κ3) is 4.80. The highest BCUT2D eigenvalue weighted by Gasteiger charge is 2.11. The van der Waals surface area contributed by atoms with Crippen molar-refractivity contribution in [3.63, 3.8) is 0 Å². The fourth-order valence-corrected chi connectivity index (χ4v) is 1.63. The van der Waals surface area contributed by atoms with Gasteiger partial charge >= 0.3 is 0 Å². The van der Waals surface area contributed by atoms with Crippen molar-refractivity contribution < 1.29 is 4.74 Å². The Morgan fingerprint density at radius 1 is 1.06 bits per heavy atom. The van der Waals surface area contributed by atoms with E-state index in [9.17, 15) is 0 Å². The zero-order chi connectivity index (χ0) is 12.2. The van der Waals surface area contributed by atoms with Crippen LogP contribution in [0.2, 0.25) is 0 Å². The average molecular weight is 220 g/mol. The van der Waals surface area contributed by atoms with Crippen LogP contribution in [0.5, 0.6) is 0 Å². The molecule has 1 rings (SSSR count). The van der Waals surface area contributed by atoms with E-state index in [-0.39, 0.29) is 5.60 Å². The number of rotatable bonds is 4. The van der Waals surface area contributed by atoms with Gasteiger partial charge in [-0.15, -0.1) is 0 Å². The quantitative estimate of drug-likeness (QED) is 0.739. The molecule has 0 spiro atoms. The molecule has 0 radical (unpaired) electrons. The maximum Gasteiger partial charge on any atom is 0.0726 e. The minimum absolute atomic E-state index is 0.0645. The first kappa shape index (κ1) is 13.2. The normalized spacial score (nSPS) is 12.1. The first-order chi connectivity index (χ1) is 7.38. The Morgan fingerprint density at radius 3 is 2.12 bits per heavy atom. The highest BCUT2D eigenvalue weighted by atomic mass is 16.5. The summed E-state index contributed by atoms with van der Waals surface area (Å²) in [5.74, 6) is 0.691. The largest absolute Gasteiger partial charge is 0.371 e. The molecule has 90 valence electrons. The van der Waals surface area contributed by atoms with Crippen molar-refractivity contribution in [3.05, 3.63) is 35.4 Å². The summed E-state index contributed by atoms with van der Waals surface area (Å²) in [6.45, 7) is 11.5. The fraction of sp³-hybridized carbons (Fsp3) is 0.600. The molecule has 0 heterocycles. The van der Waals surface area contributed by atoms with Gasteiger partial charge in [0.1, 0.15) is 0 Å². The molecule has 16 heavy (non-hydrogen) atoms. The molecule has 0 aromatic heterocycles. The van der Waals surface area contributed by atoms with E-state index >= 15 is 0 Å². The Balaban J connectivity index is 2.71. The van der Waals surface area contributed by atoms with Crippen LogP contribution in [0.4, 0.5) is 0 Å². The lowest BCUT2D eigenvalue weighted by atomic mass is 9.98. The van der Waals surface area contributed by atoms with Gasteiger partial charge in [-0.1, -0.05) is 38.1 Å². The molecule has 0 saturated carbocycles. The van der Waals surface area contributed by atoms with Gasteiger partial charge in [-0.05, 0) is 44.2 Å². The van der Waals surface area contributed by atoms with Gasteiger partial charge in [-0.2, -0.15) is 0 Å². The lowest BCUT2D eigenvalue weighted by Crippen LogP contribution is -2.19. The van der Waals surface area contributed by atoms with E-state index in [1.165, 1.54) is 11.1 Å². The van der Waals surface area contributed by atoms with Crippen LogP contribution in [-0.2, 0) is 17.8 Å². The molecule has 0 saturated heterocycles. The van der Waals surface area contributed by atoms with Crippen molar-refractivity contribution >= 4 is 0 Å². The van der Waals surface area contributed by atoms with Crippen molar-refractivity contribution in [3.8, 4) is 0 Å². The molecule has 1 aromatic rings. The molecule has 0 N–H and O–H groups in total. The van der Waals surface area contributed by atoms with Gasteiger partial charge in [0.2, 0.25) is 0 Å². The van der Waals surface area contributed by atoms with Gasteiger partial charge in [-0.25, -0.2) is 0 Å². The van der Waals surface area contributed by atoms with E-state index in [1.54, 1.807) is 0 Å². The SMILES string of the molecule is CC(C)Cc1ccccc1COC(C)(C)C. The van der Waals surface area contributed by atoms with Gasteiger partial charge in [0, 0.05) is 0 Å². The fourth-order valence-electron chi connectivity index (χ4n) is 1.63. The first-order valence-corrected chi connectivity index (χ1v) is 6.09. The molecule has 0 aliphatic heterocycles. The van der Waals surface area contributed by atoms with Gasteiger partial charge in [-0.3, -0.25) is 0 Å². The Kier molecular flexibility index (Phi) is 4.55. The highest BCUT2D eigenvalue weighted by Crippen LogP contribution is 2.17. The van der Waals surface area contributed by atoms with E-state index in [2.05, 4.69) is 58.9 Å². The molecule has 0 aliphatic rings. The second kappa shape index (κ2) is 5.49. The van der Waals surface area contributed by atoms with Crippen molar-refractivity contribution in [1.29, 1.82) is 0 Å². The van der Waals surface area contributed by atoms with E-state index in [0.717, 1.165) is 6.42 Å². The van der Waals surface area contributed by atoms with Gasteiger partial charge in [0.05, 0.1) is 12.2 Å². The molecule has 1 nitrogen and oxygen atoms in total. The minimum Gasteiger partial charge on any atom is -0.371 e. The van der Waals surface area contributed by atoms with Crippen LogP contribution in [0.15, 0.2) is 24.3 Å². The van der Waals surface area contributed by atoms with Gasteiger partial charge in [0.15, 0.2) is 0 Å². The standard InChI is InChI=1S/C15H24O/c1-12(2)10-13-8-6-7-9-14(13)11-16-15(3,4)5/h6-9,12H,10-11H2,1-5H3. The van der Waals surface area contributed by atoms with Crippen LogP contribution < -0.4 is 0 Å². The van der Waals surface area contributed by atoms with Crippen LogP contribution in [0.25, 0.3) is 0 Å². The number of hydrogen-bond donors (Lipinski definition) is 0. The molecule has 0 amide bonds. The summed E-state index contributed by atoms with van der Waals surface area (Å²) in [5.41, 5.74) is 2.68. The summed E-state index contributed by atoms with van der Waals surface area (Å²) < 4.78 is 5.84. The lowest BCUT2D eigenvalue weighted by Gasteiger charge is -2.21. The van der Waals surface area contributed by atoms with Crippen molar-refractivity contribution in [1.82, 2.24) is 0 Å². The molecular formula is C15H24O. The van der Waals surface area contributed by atoms with Gasteiger partial charge in [0.25, 0.3) is 0 Å². The maximum absolute atomic E-state index is 5.84. The van der Waals surface area contributed by atoms with E-state index in [1.807, 2.05) is 0 Å². The predicted molar refractivity (Wildman–Crippen MR) is 69.5 cm³/mol. The van der Waals surface area contributed by atoms with E-state index in [0.29, 0.717) is 12.5 Å². The zero-order valence-electron chi connectivity index (χ0n) is 11.2. The first-order valence-electron chi connectivity index (χ1n) is 6.09. The van der Waals surface area contributed by atoms with Crippen LogP contribution in [-0.4, -0.2) is 5.60 Å². The average Bonchev–Trinajstić information content (AvgIpc) is 2.14. The highest BCUT2D eigenvalue weighted by molar-refractivity contribution is 5.26. The van der Waals surface area contributed by atoms with E-state index in [4.69, 9.17) is 4.74 Å². The summed E-state index contributed by atoms with van der Waals surface area (Å²) in [5, 5.41) is 0.